The van der Waals surface area contributed by atoms with Crippen molar-refractivity contribution in [3.63, 3.8) is 0 Å². The van der Waals surface area contributed by atoms with E-state index < -0.39 is 6.10 Å². The summed E-state index contributed by atoms with van der Waals surface area (Å²) in [5.74, 6) is 0.818. The Kier molecular flexibility index (Phi) is 18.3. The van der Waals surface area contributed by atoms with E-state index in [0.29, 0.717) is 43.5 Å². The second-order valence-electron chi connectivity index (χ2n) is 9.54. The SMILES string of the molecule is CCCOCCOc1ccc(Cc2cc(C3CC(O)CC(CO)O3)ccc2Cl)cc1.CNC(C)C.COC. The number of ether oxygens (including phenoxy) is 4. The van der Waals surface area contributed by atoms with E-state index in [1.807, 2.05) is 49.5 Å². The van der Waals surface area contributed by atoms with Gasteiger partial charge in [-0.1, -0.05) is 56.6 Å². The van der Waals surface area contributed by atoms with Crippen LogP contribution in [-0.4, -0.2) is 76.2 Å². The molecule has 3 rings (SSSR count). The molecular formula is C30H48ClNO6. The summed E-state index contributed by atoms with van der Waals surface area (Å²) in [6.07, 6.45) is 1.63. The molecule has 1 aliphatic heterocycles. The Hall–Kier alpha value is -1.71. The van der Waals surface area contributed by atoms with E-state index in [0.717, 1.165) is 35.5 Å². The Balaban J connectivity index is 0.000000794. The standard InChI is InChI=1S/C24H31ClO5.C4H11N.C2H6O/c1-2-9-28-10-11-29-21-6-3-17(4-7-21)12-19-13-18(5-8-23(19)25)24-15-20(27)14-22(16-26)30-24;1-4(2)5-3;1-3-2/h3-8,13,20,22,24,26-27H,2,9-12,14-16H2,1H3;4-5H,1-3H3;1-2H3. The summed E-state index contributed by atoms with van der Waals surface area (Å²) < 4.78 is 21.3. The average Bonchev–Trinajstić information content (AvgIpc) is 2.91. The van der Waals surface area contributed by atoms with Gasteiger partial charge in [0.2, 0.25) is 0 Å². The zero-order valence-corrected chi connectivity index (χ0v) is 24.7. The molecule has 3 unspecified atom stereocenters. The second kappa shape index (κ2) is 20.2. The highest BCUT2D eigenvalue weighted by Crippen LogP contribution is 2.33. The number of hydrogen-bond acceptors (Lipinski definition) is 7. The van der Waals surface area contributed by atoms with Crippen LogP contribution in [0.3, 0.4) is 0 Å². The predicted octanol–water partition coefficient (Wildman–Crippen LogP) is 5.19. The number of benzene rings is 2. The number of nitrogens with one attached hydrogen (secondary N) is 1. The zero-order chi connectivity index (χ0) is 28.3. The maximum absolute atomic E-state index is 10.1. The van der Waals surface area contributed by atoms with Crippen molar-refractivity contribution in [3.05, 3.63) is 64.2 Å². The lowest BCUT2D eigenvalue weighted by Gasteiger charge is -2.32. The molecule has 0 aliphatic carbocycles. The highest BCUT2D eigenvalue weighted by atomic mass is 35.5. The van der Waals surface area contributed by atoms with Crippen LogP contribution in [0.25, 0.3) is 0 Å². The highest BCUT2D eigenvalue weighted by molar-refractivity contribution is 6.31. The molecule has 0 spiro atoms. The molecule has 8 heteroatoms. The minimum absolute atomic E-state index is 0.0901. The van der Waals surface area contributed by atoms with Gasteiger partial charge in [-0.3, -0.25) is 0 Å². The Morgan fingerprint density at radius 3 is 2.29 bits per heavy atom. The van der Waals surface area contributed by atoms with Gasteiger partial charge in [-0.15, -0.1) is 0 Å². The molecule has 0 saturated carbocycles. The van der Waals surface area contributed by atoms with Crippen molar-refractivity contribution in [2.45, 2.75) is 70.8 Å². The lowest BCUT2D eigenvalue weighted by Crippen LogP contribution is -2.33. The van der Waals surface area contributed by atoms with E-state index in [9.17, 15) is 10.2 Å². The van der Waals surface area contributed by atoms with Crippen molar-refractivity contribution < 1.29 is 29.2 Å². The van der Waals surface area contributed by atoms with Gasteiger partial charge in [0.05, 0.1) is 31.5 Å². The maximum Gasteiger partial charge on any atom is 0.119 e. The molecule has 0 bridgehead atoms. The van der Waals surface area contributed by atoms with Crippen molar-refractivity contribution in [2.75, 3.05) is 47.7 Å². The molecule has 1 fully saturated rings. The van der Waals surface area contributed by atoms with Crippen LogP contribution in [-0.2, 0) is 20.6 Å². The predicted molar refractivity (Wildman–Crippen MR) is 154 cm³/mol. The van der Waals surface area contributed by atoms with Crippen molar-refractivity contribution in [1.29, 1.82) is 0 Å². The molecule has 3 atom stereocenters. The fraction of sp³-hybridized carbons (Fsp3) is 0.600. The first-order valence-corrected chi connectivity index (χ1v) is 13.7. The Labute approximate surface area is 234 Å². The summed E-state index contributed by atoms with van der Waals surface area (Å²) in [6.45, 7) is 8.10. The first kappa shape index (κ1) is 34.3. The van der Waals surface area contributed by atoms with Crippen molar-refractivity contribution in [3.8, 4) is 5.75 Å². The number of methoxy groups -OCH3 is 1. The van der Waals surface area contributed by atoms with Gasteiger partial charge < -0.3 is 34.5 Å². The van der Waals surface area contributed by atoms with Crippen molar-refractivity contribution >= 4 is 11.6 Å². The van der Waals surface area contributed by atoms with Crippen LogP contribution in [0.4, 0.5) is 0 Å². The van der Waals surface area contributed by atoms with Gasteiger partial charge in [-0.2, -0.15) is 0 Å². The third kappa shape index (κ3) is 13.9. The molecule has 2 aromatic carbocycles. The molecule has 1 aliphatic rings. The molecule has 1 saturated heterocycles. The zero-order valence-electron chi connectivity index (χ0n) is 23.9. The van der Waals surface area contributed by atoms with E-state index in [1.165, 1.54) is 0 Å². The van der Waals surface area contributed by atoms with Crippen LogP contribution < -0.4 is 10.1 Å². The van der Waals surface area contributed by atoms with Gasteiger partial charge in [0.1, 0.15) is 12.4 Å². The molecular weight excluding hydrogens is 506 g/mol. The van der Waals surface area contributed by atoms with Crippen LogP contribution >= 0.6 is 11.6 Å². The summed E-state index contributed by atoms with van der Waals surface area (Å²) in [7, 11) is 5.20. The number of aliphatic hydroxyl groups is 2. The van der Waals surface area contributed by atoms with Crippen molar-refractivity contribution in [2.24, 2.45) is 0 Å². The number of halogens is 1. The molecule has 216 valence electrons. The Morgan fingerprint density at radius 1 is 1.05 bits per heavy atom. The van der Waals surface area contributed by atoms with Crippen LogP contribution in [0.15, 0.2) is 42.5 Å². The molecule has 38 heavy (non-hydrogen) atoms. The summed E-state index contributed by atoms with van der Waals surface area (Å²) in [5.41, 5.74) is 3.10. The third-order valence-corrected chi connectivity index (χ3v) is 6.13. The van der Waals surface area contributed by atoms with Crippen LogP contribution in [0.2, 0.25) is 5.02 Å². The second-order valence-corrected chi connectivity index (χ2v) is 9.95. The van der Waals surface area contributed by atoms with E-state index in [4.69, 9.17) is 25.8 Å². The molecule has 0 aromatic heterocycles. The summed E-state index contributed by atoms with van der Waals surface area (Å²) >= 11 is 6.44. The fourth-order valence-electron chi connectivity index (χ4n) is 3.64. The molecule has 3 N–H and O–H groups in total. The molecule has 1 heterocycles. The molecule has 2 aromatic rings. The van der Waals surface area contributed by atoms with Crippen LogP contribution in [0.1, 0.15) is 62.8 Å². The van der Waals surface area contributed by atoms with E-state index >= 15 is 0 Å². The fourth-order valence-corrected chi connectivity index (χ4v) is 3.83. The first-order valence-electron chi connectivity index (χ1n) is 13.4. The third-order valence-electron chi connectivity index (χ3n) is 5.76. The van der Waals surface area contributed by atoms with Crippen LogP contribution in [0, 0.1) is 0 Å². The Morgan fingerprint density at radius 2 is 1.71 bits per heavy atom. The van der Waals surface area contributed by atoms with Gasteiger partial charge in [0.25, 0.3) is 0 Å². The minimum atomic E-state index is -0.472. The summed E-state index contributed by atoms with van der Waals surface area (Å²) in [6, 6.07) is 14.5. The smallest absolute Gasteiger partial charge is 0.119 e. The van der Waals surface area contributed by atoms with Gasteiger partial charge in [-0.25, -0.2) is 0 Å². The topological polar surface area (TPSA) is 89.4 Å². The number of hydrogen-bond donors (Lipinski definition) is 3. The number of aliphatic hydroxyl groups excluding tert-OH is 2. The van der Waals surface area contributed by atoms with E-state index in [1.54, 1.807) is 14.2 Å². The quantitative estimate of drug-likeness (QED) is 0.330. The normalized spacial score (nSPS) is 18.7. The van der Waals surface area contributed by atoms with Gasteiger partial charge in [-0.05, 0) is 54.8 Å². The first-order chi connectivity index (χ1) is 18.3. The Bertz CT molecular complexity index is 864. The van der Waals surface area contributed by atoms with Crippen LogP contribution in [0.5, 0.6) is 5.75 Å². The largest absolute Gasteiger partial charge is 0.491 e. The lowest BCUT2D eigenvalue weighted by atomic mass is 9.94. The molecule has 0 amide bonds. The minimum Gasteiger partial charge on any atom is -0.491 e. The van der Waals surface area contributed by atoms with Crippen molar-refractivity contribution in [1.82, 2.24) is 5.32 Å². The average molecular weight is 554 g/mol. The van der Waals surface area contributed by atoms with Gasteiger partial charge in [0, 0.05) is 44.7 Å². The summed E-state index contributed by atoms with van der Waals surface area (Å²) in [5, 5.41) is 23.2. The lowest BCUT2D eigenvalue weighted by molar-refractivity contribution is -0.113. The van der Waals surface area contributed by atoms with E-state index in [-0.39, 0.29) is 18.8 Å². The van der Waals surface area contributed by atoms with Gasteiger partial charge >= 0.3 is 0 Å². The number of rotatable bonds is 11. The highest BCUT2D eigenvalue weighted by Gasteiger charge is 2.29. The molecule has 0 radical (unpaired) electrons. The summed E-state index contributed by atoms with van der Waals surface area (Å²) in [4.78, 5) is 0. The van der Waals surface area contributed by atoms with E-state index in [2.05, 4.69) is 30.8 Å². The monoisotopic (exact) mass is 553 g/mol. The van der Waals surface area contributed by atoms with Gasteiger partial charge in [0.15, 0.2) is 0 Å². The maximum atomic E-state index is 10.1. The molecule has 7 nitrogen and oxygen atoms in total.